The zero-order chi connectivity index (χ0) is 21.6. The quantitative estimate of drug-likeness (QED) is 0.602. The Morgan fingerprint density at radius 2 is 2.03 bits per heavy atom. The Balaban J connectivity index is 1.33. The summed E-state index contributed by atoms with van der Waals surface area (Å²) in [5, 5.41) is 7.93. The molecule has 8 heteroatoms. The van der Waals surface area contributed by atoms with Crippen molar-refractivity contribution in [3.05, 3.63) is 76.6 Å². The van der Waals surface area contributed by atoms with Crippen LogP contribution in [0.2, 0.25) is 5.02 Å². The minimum absolute atomic E-state index is 0.198. The molecule has 1 amide bonds. The lowest BCUT2D eigenvalue weighted by Gasteiger charge is -2.26. The summed E-state index contributed by atoms with van der Waals surface area (Å²) in [6.45, 7) is 6.33. The van der Waals surface area contributed by atoms with Crippen LogP contribution in [-0.4, -0.2) is 46.9 Å². The van der Waals surface area contributed by atoms with Crippen molar-refractivity contribution in [2.24, 2.45) is 0 Å². The van der Waals surface area contributed by atoms with E-state index in [-0.39, 0.29) is 12.6 Å². The average Bonchev–Trinajstić information content (AvgIpc) is 3.25. The molecule has 1 aliphatic heterocycles. The maximum atomic E-state index is 12.6. The standard InChI is InChI=1S/C23H25ClN4O3/c1-17-13-20(5-6-21(17)24)31-16-28-8-7-22(26-28)23(29)25-19-4-2-3-18(14-19)15-27-9-11-30-12-10-27/h2-8,13-14H,9-12,15-16H2,1H3,(H,25,29). The van der Waals surface area contributed by atoms with Gasteiger partial charge in [-0.3, -0.25) is 9.69 Å². The monoisotopic (exact) mass is 440 g/mol. The van der Waals surface area contributed by atoms with Gasteiger partial charge in [0.2, 0.25) is 0 Å². The van der Waals surface area contributed by atoms with Crippen molar-refractivity contribution in [3.8, 4) is 5.75 Å². The fraction of sp³-hybridized carbons (Fsp3) is 0.304. The van der Waals surface area contributed by atoms with E-state index in [0.29, 0.717) is 16.5 Å². The molecule has 0 atom stereocenters. The van der Waals surface area contributed by atoms with Crippen LogP contribution in [0.25, 0.3) is 0 Å². The molecule has 31 heavy (non-hydrogen) atoms. The van der Waals surface area contributed by atoms with Crippen molar-refractivity contribution in [1.82, 2.24) is 14.7 Å². The highest BCUT2D eigenvalue weighted by Gasteiger charge is 2.13. The van der Waals surface area contributed by atoms with E-state index in [4.69, 9.17) is 21.1 Å². The number of aryl methyl sites for hydroxylation is 1. The van der Waals surface area contributed by atoms with Crippen LogP contribution >= 0.6 is 11.6 Å². The molecule has 1 saturated heterocycles. The highest BCUT2D eigenvalue weighted by atomic mass is 35.5. The van der Waals surface area contributed by atoms with Crippen LogP contribution in [0.4, 0.5) is 5.69 Å². The Morgan fingerprint density at radius 3 is 2.84 bits per heavy atom. The smallest absolute Gasteiger partial charge is 0.276 e. The van der Waals surface area contributed by atoms with E-state index in [1.807, 2.05) is 31.2 Å². The van der Waals surface area contributed by atoms with Crippen molar-refractivity contribution in [2.45, 2.75) is 20.2 Å². The SMILES string of the molecule is Cc1cc(OCn2ccc(C(=O)Nc3cccc(CN4CCOCC4)c3)n2)ccc1Cl. The van der Waals surface area contributed by atoms with Crippen LogP contribution < -0.4 is 10.1 Å². The molecule has 3 aromatic rings. The van der Waals surface area contributed by atoms with Gasteiger partial charge in [-0.2, -0.15) is 5.10 Å². The molecular weight excluding hydrogens is 416 g/mol. The second-order valence-electron chi connectivity index (χ2n) is 7.47. The first kappa shape index (κ1) is 21.4. The molecule has 0 saturated carbocycles. The maximum absolute atomic E-state index is 12.6. The molecule has 7 nitrogen and oxygen atoms in total. The van der Waals surface area contributed by atoms with Crippen LogP contribution in [-0.2, 0) is 18.0 Å². The van der Waals surface area contributed by atoms with Crippen molar-refractivity contribution in [2.75, 3.05) is 31.6 Å². The van der Waals surface area contributed by atoms with Gasteiger partial charge in [-0.15, -0.1) is 0 Å². The first-order chi connectivity index (χ1) is 15.1. The molecule has 0 aliphatic carbocycles. The number of hydrogen-bond acceptors (Lipinski definition) is 5. The molecule has 0 spiro atoms. The molecule has 1 aromatic heterocycles. The van der Waals surface area contributed by atoms with Crippen LogP contribution in [0.3, 0.4) is 0 Å². The summed E-state index contributed by atoms with van der Waals surface area (Å²) in [6, 6.07) is 15.0. The van der Waals surface area contributed by atoms with Gasteiger partial charge in [-0.25, -0.2) is 4.68 Å². The van der Waals surface area contributed by atoms with E-state index < -0.39 is 0 Å². The summed E-state index contributed by atoms with van der Waals surface area (Å²) in [6.07, 6.45) is 1.71. The molecule has 2 aromatic carbocycles. The number of carbonyl (C=O) groups excluding carboxylic acids is 1. The van der Waals surface area contributed by atoms with Gasteiger partial charge in [0, 0.05) is 36.5 Å². The lowest BCUT2D eigenvalue weighted by atomic mass is 10.2. The van der Waals surface area contributed by atoms with Gasteiger partial charge < -0.3 is 14.8 Å². The number of nitrogens with one attached hydrogen (secondary N) is 1. The Bertz CT molecular complexity index is 1050. The summed E-state index contributed by atoms with van der Waals surface area (Å²) >= 11 is 6.04. The van der Waals surface area contributed by atoms with Crippen molar-refractivity contribution in [3.63, 3.8) is 0 Å². The topological polar surface area (TPSA) is 68.6 Å². The van der Waals surface area contributed by atoms with E-state index in [2.05, 4.69) is 21.4 Å². The summed E-state index contributed by atoms with van der Waals surface area (Å²) in [5.41, 5.74) is 3.17. The Morgan fingerprint density at radius 1 is 1.19 bits per heavy atom. The van der Waals surface area contributed by atoms with Crippen LogP contribution in [0.15, 0.2) is 54.7 Å². The molecule has 0 unspecified atom stereocenters. The van der Waals surface area contributed by atoms with E-state index in [0.717, 1.165) is 49.7 Å². The third kappa shape index (κ3) is 5.85. The molecule has 1 aliphatic rings. The second-order valence-corrected chi connectivity index (χ2v) is 7.88. The number of carbonyl (C=O) groups is 1. The molecule has 2 heterocycles. The number of hydrogen-bond donors (Lipinski definition) is 1. The minimum Gasteiger partial charge on any atom is -0.471 e. The van der Waals surface area contributed by atoms with E-state index >= 15 is 0 Å². The third-order valence-electron chi connectivity index (χ3n) is 5.06. The van der Waals surface area contributed by atoms with Crippen LogP contribution in [0.1, 0.15) is 21.6 Å². The number of ether oxygens (including phenoxy) is 2. The number of halogens is 1. The fourth-order valence-corrected chi connectivity index (χ4v) is 3.48. The number of aromatic nitrogens is 2. The minimum atomic E-state index is -0.260. The molecule has 162 valence electrons. The van der Waals surface area contributed by atoms with E-state index in [9.17, 15) is 4.79 Å². The van der Waals surface area contributed by atoms with Gasteiger partial charge in [0.15, 0.2) is 12.4 Å². The van der Waals surface area contributed by atoms with Crippen molar-refractivity contribution < 1.29 is 14.3 Å². The number of rotatable bonds is 7. The van der Waals surface area contributed by atoms with Gasteiger partial charge in [-0.1, -0.05) is 23.7 Å². The molecule has 1 fully saturated rings. The van der Waals surface area contributed by atoms with Gasteiger partial charge in [0.1, 0.15) is 5.75 Å². The van der Waals surface area contributed by atoms with Gasteiger partial charge in [0.05, 0.1) is 13.2 Å². The highest BCUT2D eigenvalue weighted by molar-refractivity contribution is 6.31. The lowest BCUT2D eigenvalue weighted by Crippen LogP contribution is -2.35. The molecule has 4 rings (SSSR count). The summed E-state index contributed by atoms with van der Waals surface area (Å²) in [7, 11) is 0. The average molecular weight is 441 g/mol. The number of benzene rings is 2. The lowest BCUT2D eigenvalue weighted by molar-refractivity contribution is 0.0342. The Kier molecular flexibility index (Phi) is 6.86. The molecule has 1 N–H and O–H groups in total. The number of anilines is 1. The normalized spacial score (nSPS) is 14.4. The predicted molar refractivity (Wildman–Crippen MR) is 120 cm³/mol. The maximum Gasteiger partial charge on any atom is 0.276 e. The predicted octanol–water partition coefficient (Wildman–Crippen LogP) is 3.97. The van der Waals surface area contributed by atoms with Crippen molar-refractivity contribution in [1.29, 1.82) is 0 Å². The zero-order valence-corrected chi connectivity index (χ0v) is 18.1. The first-order valence-corrected chi connectivity index (χ1v) is 10.6. The van der Waals surface area contributed by atoms with Crippen molar-refractivity contribution >= 4 is 23.2 Å². The molecule has 0 radical (unpaired) electrons. The zero-order valence-electron chi connectivity index (χ0n) is 17.4. The van der Waals surface area contributed by atoms with Gasteiger partial charge in [0.25, 0.3) is 5.91 Å². The Hall–Kier alpha value is -2.87. The van der Waals surface area contributed by atoms with Gasteiger partial charge in [-0.05, 0) is 54.4 Å². The number of nitrogens with zero attached hydrogens (tertiary/aromatic N) is 3. The summed E-state index contributed by atoms with van der Waals surface area (Å²) < 4.78 is 12.7. The number of morpholine rings is 1. The first-order valence-electron chi connectivity index (χ1n) is 10.2. The highest BCUT2D eigenvalue weighted by Crippen LogP contribution is 2.21. The second kappa shape index (κ2) is 9.96. The molecular formula is C23H25ClN4O3. The van der Waals surface area contributed by atoms with Crippen LogP contribution in [0, 0.1) is 6.92 Å². The molecule has 0 bridgehead atoms. The third-order valence-corrected chi connectivity index (χ3v) is 5.49. The summed E-state index contributed by atoms with van der Waals surface area (Å²) in [4.78, 5) is 15.0. The largest absolute Gasteiger partial charge is 0.471 e. The fourth-order valence-electron chi connectivity index (χ4n) is 3.36. The van der Waals surface area contributed by atoms with Gasteiger partial charge >= 0.3 is 0 Å². The van der Waals surface area contributed by atoms with E-state index in [1.165, 1.54) is 0 Å². The number of amides is 1. The van der Waals surface area contributed by atoms with Crippen LogP contribution in [0.5, 0.6) is 5.75 Å². The van der Waals surface area contributed by atoms with E-state index in [1.54, 1.807) is 29.1 Å². The Labute approximate surface area is 186 Å². The summed E-state index contributed by atoms with van der Waals surface area (Å²) in [5.74, 6) is 0.435.